The summed E-state index contributed by atoms with van der Waals surface area (Å²) >= 11 is 0. The Kier molecular flexibility index (Phi) is 6.60. The van der Waals surface area contributed by atoms with Crippen LogP contribution in [0.25, 0.3) is 11.0 Å². The number of benzene rings is 1. The number of amides is 2. The van der Waals surface area contributed by atoms with Crippen LogP contribution in [-0.4, -0.2) is 54.5 Å². The van der Waals surface area contributed by atoms with Gasteiger partial charge in [-0.05, 0) is 18.6 Å². The zero-order chi connectivity index (χ0) is 19.1. The predicted octanol–water partition coefficient (Wildman–Crippen LogP) is 1.21. The molecule has 2 N–H and O–H groups in total. The van der Waals surface area contributed by atoms with Gasteiger partial charge in [0.05, 0.1) is 19.2 Å². The number of rotatable bonds is 8. The number of furan rings is 1. The minimum absolute atomic E-state index is 0.0637. The second-order valence-corrected chi connectivity index (χ2v) is 5.88. The number of ether oxygens (including phenoxy) is 1. The number of hydrogen-bond donors (Lipinski definition) is 2. The number of nitrogens with one attached hydrogen (secondary N) is 1. The first-order valence-corrected chi connectivity index (χ1v) is 8.26. The molecule has 0 aliphatic rings. The monoisotopic (exact) mass is 362 g/mol. The molecule has 0 spiro atoms. The van der Waals surface area contributed by atoms with Crippen LogP contribution in [0.1, 0.15) is 18.9 Å². The van der Waals surface area contributed by atoms with Crippen molar-refractivity contribution in [3.8, 4) is 5.75 Å². The molecule has 0 radical (unpaired) electrons. The maximum atomic E-state index is 11.9. The number of carbonyl (C=O) groups is 3. The molecular formula is C18H22N2O6. The van der Waals surface area contributed by atoms with Crippen molar-refractivity contribution in [2.75, 3.05) is 26.7 Å². The van der Waals surface area contributed by atoms with Gasteiger partial charge in [-0.1, -0.05) is 6.92 Å². The second-order valence-electron chi connectivity index (χ2n) is 5.88. The van der Waals surface area contributed by atoms with Crippen molar-refractivity contribution in [3.05, 3.63) is 30.0 Å². The molecule has 2 rings (SSSR count). The molecule has 26 heavy (non-hydrogen) atoms. The first kappa shape index (κ1) is 19.3. The Morgan fingerprint density at radius 2 is 2.08 bits per heavy atom. The highest BCUT2D eigenvalue weighted by molar-refractivity contribution is 5.88. The van der Waals surface area contributed by atoms with Crippen LogP contribution >= 0.6 is 0 Å². The Hall–Kier alpha value is -3.03. The quantitative estimate of drug-likeness (QED) is 0.683. The van der Waals surface area contributed by atoms with Crippen LogP contribution in [0, 0.1) is 0 Å². The zero-order valence-electron chi connectivity index (χ0n) is 14.8. The van der Waals surface area contributed by atoms with Gasteiger partial charge in [0.25, 0.3) is 5.91 Å². The van der Waals surface area contributed by atoms with Crippen LogP contribution < -0.4 is 5.32 Å². The molecule has 0 saturated heterocycles. The van der Waals surface area contributed by atoms with Gasteiger partial charge < -0.3 is 24.5 Å². The Morgan fingerprint density at radius 1 is 1.31 bits per heavy atom. The van der Waals surface area contributed by atoms with E-state index in [1.165, 1.54) is 30.3 Å². The largest absolute Gasteiger partial charge is 0.508 e. The van der Waals surface area contributed by atoms with Gasteiger partial charge in [-0.25, -0.2) is 0 Å². The molecule has 0 fully saturated rings. The molecule has 1 heterocycles. The number of esters is 1. The first-order chi connectivity index (χ1) is 12.4. The van der Waals surface area contributed by atoms with Crippen LogP contribution in [0.4, 0.5) is 0 Å². The van der Waals surface area contributed by atoms with Crippen LogP contribution in [0.15, 0.2) is 28.9 Å². The summed E-state index contributed by atoms with van der Waals surface area (Å²) in [5.74, 6) is -1.25. The van der Waals surface area contributed by atoms with Gasteiger partial charge in [0, 0.05) is 30.6 Å². The Balaban J connectivity index is 1.82. The lowest BCUT2D eigenvalue weighted by molar-refractivity contribution is -0.151. The summed E-state index contributed by atoms with van der Waals surface area (Å²) in [5.41, 5.74) is 1.06. The lowest BCUT2D eigenvalue weighted by Gasteiger charge is -2.16. The van der Waals surface area contributed by atoms with E-state index in [-0.39, 0.29) is 24.6 Å². The molecule has 0 unspecified atom stereocenters. The molecule has 2 amide bonds. The fourth-order valence-electron chi connectivity index (χ4n) is 2.29. The van der Waals surface area contributed by atoms with Crippen LogP contribution in [0.2, 0.25) is 0 Å². The van der Waals surface area contributed by atoms with E-state index in [0.717, 1.165) is 6.42 Å². The summed E-state index contributed by atoms with van der Waals surface area (Å²) in [6, 6.07) is 4.59. The molecule has 0 saturated carbocycles. The van der Waals surface area contributed by atoms with Crippen LogP contribution in [0.5, 0.6) is 5.75 Å². The maximum Gasteiger partial charge on any atom is 0.310 e. The maximum absolute atomic E-state index is 11.9. The summed E-state index contributed by atoms with van der Waals surface area (Å²) in [7, 11) is 1.47. The molecule has 1 aromatic carbocycles. The zero-order valence-corrected chi connectivity index (χ0v) is 14.8. The second kappa shape index (κ2) is 8.89. The Bertz CT molecular complexity index is 798. The third-order valence-corrected chi connectivity index (χ3v) is 3.71. The summed E-state index contributed by atoms with van der Waals surface area (Å²) in [5, 5.41) is 12.8. The number of carbonyl (C=O) groups excluding carboxylic acids is 3. The number of phenols is 1. The SMILES string of the molecule is CCCNC(=O)CN(C)C(=O)COC(=O)Cc1coc2cc(O)ccc12. The Labute approximate surface area is 150 Å². The minimum atomic E-state index is -0.585. The van der Waals surface area contributed by atoms with E-state index in [9.17, 15) is 19.5 Å². The van der Waals surface area contributed by atoms with Crippen molar-refractivity contribution >= 4 is 28.8 Å². The minimum Gasteiger partial charge on any atom is -0.508 e. The van der Waals surface area contributed by atoms with E-state index in [2.05, 4.69) is 5.32 Å². The van der Waals surface area contributed by atoms with Gasteiger partial charge in [-0.2, -0.15) is 0 Å². The highest BCUT2D eigenvalue weighted by atomic mass is 16.5. The van der Waals surface area contributed by atoms with Crippen LogP contribution in [0.3, 0.4) is 0 Å². The van der Waals surface area contributed by atoms with Crippen molar-refractivity contribution in [3.63, 3.8) is 0 Å². The molecule has 140 valence electrons. The molecule has 0 bridgehead atoms. The summed E-state index contributed by atoms with van der Waals surface area (Å²) in [6.45, 7) is 1.95. The molecule has 0 atom stereocenters. The lowest BCUT2D eigenvalue weighted by Crippen LogP contribution is -2.40. The summed E-state index contributed by atoms with van der Waals surface area (Å²) < 4.78 is 10.3. The van der Waals surface area contributed by atoms with Crippen LogP contribution in [-0.2, 0) is 25.5 Å². The topological polar surface area (TPSA) is 109 Å². The molecule has 1 aromatic heterocycles. The number of hydrogen-bond acceptors (Lipinski definition) is 6. The number of aromatic hydroxyl groups is 1. The summed E-state index contributed by atoms with van der Waals surface area (Å²) in [6.07, 6.45) is 2.16. The number of phenolic OH excluding ortho intramolecular Hbond substituents is 1. The normalized spacial score (nSPS) is 10.5. The smallest absolute Gasteiger partial charge is 0.310 e. The van der Waals surface area contributed by atoms with Gasteiger partial charge in [0.15, 0.2) is 6.61 Å². The van der Waals surface area contributed by atoms with E-state index in [4.69, 9.17) is 9.15 Å². The predicted molar refractivity (Wildman–Crippen MR) is 93.5 cm³/mol. The van der Waals surface area contributed by atoms with Gasteiger partial charge >= 0.3 is 5.97 Å². The van der Waals surface area contributed by atoms with Crippen molar-refractivity contribution in [2.45, 2.75) is 19.8 Å². The van der Waals surface area contributed by atoms with Crippen molar-refractivity contribution in [1.82, 2.24) is 10.2 Å². The molecule has 2 aromatic rings. The molecule has 8 nitrogen and oxygen atoms in total. The highest BCUT2D eigenvalue weighted by Crippen LogP contribution is 2.25. The molecule has 8 heteroatoms. The molecule has 0 aliphatic carbocycles. The molecule has 0 aliphatic heterocycles. The van der Waals surface area contributed by atoms with Gasteiger partial charge in [-0.15, -0.1) is 0 Å². The molecular weight excluding hydrogens is 340 g/mol. The van der Waals surface area contributed by atoms with Gasteiger partial charge in [-0.3, -0.25) is 14.4 Å². The van der Waals surface area contributed by atoms with Crippen molar-refractivity contribution in [2.24, 2.45) is 0 Å². The van der Waals surface area contributed by atoms with Crippen molar-refractivity contribution in [1.29, 1.82) is 0 Å². The van der Waals surface area contributed by atoms with E-state index in [1.54, 1.807) is 6.07 Å². The summed E-state index contributed by atoms with van der Waals surface area (Å²) in [4.78, 5) is 36.7. The van der Waals surface area contributed by atoms with Gasteiger partial charge in [0.2, 0.25) is 5.91 Å². The van der Waals surface area contributed by atoms with Crippen molar-refractivity contribution < 1.29 is 28.6 Å². The van der Waals surface area contributed by atoms with E-state index in [0.29, 0.717) is 23.1 Å². The number of likely N-dealkylation sites (N-methyl/N-ethyl adjacent to an activating group) is 1. The Morgan fingerprint density at radius 3 is 2.81 bits per heavy atom. The van der Waals surface area contributed by atoms with E-state index >= 15 is 0 Å². The third-order valence-electron chi connectivity index (χ3n) is 3.71. The van der Waals surface area contributed by atoms with E-state index in [1.807, 2.05) is 6.92 Å². The highest BCUT2D eigenvalue weighted by Gasteiger charge is 2.16. The first-order valence-electron chi connectivity index (χ1n) is 8.26. The fraction of sp³-hybridized carbons (Fsp3) is 0.389. The third kappa shape index (κ3) is 5.23. The number of fused-ring (bicyclic) bond motifs is 1. The number of nitrogens with zero attached hydrogens (tertiary/aromatic N) is 1. The lowest BCUT2D eigenvalue weighted by atomic mass is 10.1. The average molecular weight is 362 g/mol. The fourth-order valence-corrected chi connectivity index (χ4v) is 2.29. The van der Waals surface area contributed by atoms with E-state index < -0.39 is 18.5 Å². The van der Waals surface area contributed by atoms with Gasteiger partial charge in [0.1, 0.15) is 11.3 Å². The average Bonchev–Trinajstić information content (AvgIpc) is 2.99. The standard InChI is InChI=1S/C18H22N2O6/c1-3-6-19-16(22)9-20(2)17(23)11-26-18(24)7-12-10-25-15-8-13(21)4-5-14(12)15/h4-5,8,10,21H,3,6-7,9,11H2,1-2H3,(H,19,22).